The fourth-order valence-corrected chi connectivity index (χ4v) is 3.92. The van der Waals surface area contributed by atoms with Crippen molar-refractivity contribution < 1.29 is 9.21 Å². The third-order valence-electron chi connectivity index (χ3n) is 4.33. The second kappa shape index (κ2) is 7.40. The van der Waals surface area contributed by atoms with Crippen LogP contribution in [0.25, 0.3) is 21.7 Å². The molecule has 0 saturated heterocycles. The number of carbonyl (C=O) groups is 1. The van der Waals surface area contributed by atoms with Crippen LogP contribution in [0.2, 0.25) is 0 Å². The lowest BCUT2D eigenvalue weighted by Gasteiger charge is -2.11. The Hall–Kier alpha value is -3.26. The smallest absolute Gasteiger partial charge is 0.294 e. The van der Waals surface area contributed by atoms with Crippen LogP contribution >= 0.6 is 11.3 Å². The normalized spacial score (nSPS) is 11.1. The molecule has 8 heteroatoms. The minimum atomic E-state index is -0.395. The van der Waals surface area contributed by atoms with E-state index in [2.05, 4.69) is 15.4 Å². The molecule has 0 saturated carbocycles. The summed E-state index contributed by atoms with van der Waals surface area (Å²) in [6.45, 7) is 3.64. The fraction of sp³-hybridized carbons (Fsp3) is 0.200. The van der Waals surface area contributed by atoms with E-state index in [4.69, 9.17) is 4.42 Å². The summed E-state index contributed by atoms with van der Waals surface area (Å²) in [6.07, 6.45) is 2.34. The van der Waals surface area contributed by atoms with E-state index in [0.717, 1.165) is 27.4 Å². The Morgan fingerprint density at radius 1 is 1.25 bits per heavy atom. The first-order valence-corrected chi connectivity index (χ1v) is 9.68. The minimum absolute atomic E-state index is 0.211. The van der Waals surface area contributed by atoms with Crippen LogP contribution in [0.1, 0.15) is 17.5 Å². The van der Waals surface area contributed by atoms with Crippen LogP contribution in [-0.2, 0) is 17.8 Å². The summed E-state index contributed by atoms with van der Waals surface area (Å²) >= 11 is 1.38. The van der Waals surface area contributed by atoms with E-state index in [-0.39, 0.29) is 12.5 Å². The highest BCUT2D eigenvalue weighted by molar-refractivity contribution is 7.19. The van der Waals surface area contributed by atoms with E-state index < -0.39 is 5.56 Å². The molecule has 3 heterocycles. The number of carbonyl (C=O) groups excluding carboxylic acids is 1. The third kappa shape index (κ3) is 3.34. The van der Waals surface area contributed by atoms with Crippen LogP contribution < -0.4 is 10.9 Å². The summed E-state index contributed by atoms with van der Waals surface area (Å²) in [5.74, 6) is 0.200. The first-order chi connectivity index (χ1) is 13.6. The molecule has 1 N–H and O–H groups in total. The Morgan fingerprint density at radius 2 is 2.07 bits per heavy atom. The van der Waals surface area contributed by atoms with E-state index in [1.165, 1.54) is 11.3 Å². The number of hydrogen-bond donors (Lipinski definition) is 1. The van der Waals surface area contributed by atoms with Gasteiger partial charge in [0.15, 0.2) is 11.3 Å². The van der Waals surface area contributed by atoms with Gasteiger partial charge in [-0.05, 0) is 37.1 Å². The zero-order chi connectivity index (χ0) is 19.7. The van der Waals surface area contributed by atoms with E-state index in [0.29, 0.717) is 21.7 Å². The van der Waals surface area contributed by atoms with Gasteiger partial charge in [0.1, 0.15) is 12.2 Å². The Balaban J connectivity index is 1.72. The molecular weight excluding hydrogens is 376 g/mol. The number of nitrogens with one attached hydrogen (secondary N) is 1. The van der Waals surface area contributed by atoms with E-state index in [1.54, 1.807) is 18.4 Å². The number of furan rings is 1. The van der Waals surface area contributed by atoms with Crippen molar-refractivity contribution in [2.75, 3.05) is 5.32 Å². The topological polar surface area (TPSA) is 90.0 Å². The number of nitrogens with zero attached hydrogens (tertiary/aromatic N) is 3. The Morgan fingerprint density at radius 3 is 2.82 bits per heavy atom. The van der Waals surface area contributed by atoms with Gasteiger partial charge in [-0.3, -0.25) is 9.59 Å². The molecule has 142 valence electrons. The summed E-state index contributed by atoms with van der Waals surface area (Å²) in [5, 5.41) is 8.02. The molecule has 0 fully saturated rings. The second-order valence-corrected chi connectivity index (χ2v) is 7.46. The van der Waals surface area contributed by atoms with Crippen molar-refractivity contribution in [2.24, 2.45) is 0 Å². The molecule has 0 bridgehead atoms. The first kappa shape index (κ1) is 18.1. The van der Waals surface area contributed by atoms with Crippen molar-refractivity contribution in [2.45, 2.75) is 26.8 Å². The summed E-state index contributed by atoms with van der Waals surface area (Å²) in [6, 6.07) is 11.1. The minimum Gasteiger partial charge on any atom is -0.463 e. The molecule has 7 nitrogen and oxygen atoms in total. The average molecular weight is 394 g/mol. The largest absolute Gasteiger partial charge is 0.463 e. The third-order valence-corrected chi connectivity index (χ3v) is 5.30. The molecule has 0 aliphatic carbocycles. The molecule has 0 aliphatic heterocycles. The van der Waals surface area contributed by atoms with Crippen molar-refractivity contribution >= 4 is 33.1 Å². The van der Waals surface area contributed by atoms with Gasteiger partial charge in [-0.15, -0.1) is 11.3 Å². The molecule has 1 amide bonds. The van der Waals surface area contributed by atoms with Crippen molar-refractivity contribution in [3.63, 3.8) is 0 Å². The Kier molecular flexibility index (Phi) is 4.79. The van der Waals surface area contributed by atoms with E-state index >= 15 is 0 Å². The quantitative estimate of drug-likeness (QED) is 0.558. The van der Waals surface area contributed by atoms with Gasteiger partial charge in [0, 0.05) is 5.69 Å². The highest BCUT2D eigenvalue weighted by atomic mass is 32.1. The van der Waals surface area contributed by atoms with Crippen molar-refractivity contribution in [1.82, 2.24) is 14.8 Å². The predicted octanol–water partition coefficient (Wildman–Crippen LogP) is 3.62. The number of anilines is 1. The van der Waals surface area contributed by atoms with Crippen LogP contribution in [0.4, 0.5) is 5.69 Å². The van der Waals surface area contributed by atoms with Crippen molar-refractivity contribution in [3.05, 3.63) is 63.6 Å². The number of fused-ring (bicyclic) bond motifs is 1. The molecule has 28 heavy (non-hydrogen) atoms. The maximum absolute atomic E-state index is 12.8. The Bertz CT molecular complexity index is 1210. The SMILES string of the molecule is CCc1ccccc1NC(=O)Cn1nc(-c2ccco2)c2sc(C)nc2c1=O. The van der Waals surface area contributed by atoms with Crippen molar-refractivity contribution in [3.8, 4) is 11.5 Å². The number of hydrogen-bond acceptors (Lipinski definition) is 6. The van der Waals surface area contributed by atoms with Gasteiger partial charge in [-0.25, -0.2) is 9.67 Å². The van der Waals surface area contributed by atoms with Gasteiger partial charge in [0.05, 0.1) is 16.0 Å². The maximum atomic E-state index is 12.8. The molecule has 3 aromatic heterocycles. The van der Waals surface area contributed by atoms with E-state index in [1.807, 2.05) is 38.1 Å². The van der Waals surface area contributed by atoms with Gasteiger partial charge >= 0.3 is 0 Å². The van der Waals surface area contributed by atoms with Crippen LogP contribution in [0.3, 0.4) is 0 Å². The molecule has 4 rings (SSSR count). The predicted molar refractivity (Wildman–Crippen MR) is 109 cm³/mol. The average Bonchev–Trinajstić information content (AvgIpc) is 3.34. The molecule has 1 aromatic carbocycles. The summed E-state index contributed by atoms with van der Waals surface area (Å²) < 4.78 is 7.26. The second-order valence-electron chi connectivity index (χ2n) is 6.26. The number of benzene rings is 1. The molecule has 0 radical (unpaired) electrons. The first-order valence-electron chi connectivity index (χ1n) is 8.86. The number of para-hydroxylation sites is 1. The van der Waals surface area contributed by atoms with Crippen LogP contribution in [0.15, 0.2) is 51.9 Å². The molecule has 0 unspecified atom stereocenters. The lowest BCUT2D eigenvalue weighted by Crippen LogP contribution is -2.30. The lowest BCUT2D eigenvalue weighted by atomic mass is 10.1. The van der Waals surface area contributed by atoms with Gasteiger partial charge in [0.25, 0.3) is 5.56 Å². The highest BCUT2D eigenvalue weighted by Gasteiger charge is 2.19. The van der Waals surface area contributed by atoms with Crippen molar-refractivity contribution in [1.29, 1.82) is 0 Å². The summed E-state index contributed by atoms with van der Waals surface area (Å²) in [7, 11) is 0. The van der Waals surface area contributed by atoms with Gasteiger partial charge in [-0.1, -0.05) is 25.1 Å². The lowest BCUT2D eigenvalue weighted by molar-refractivity contribution is -0.117. The van der Waals surface area contributed by atoms with Crippen LogP contribution in [0.5, 0.6) is 0 Å². The fourth-order valence-electron chi connectivity index (χ4n) is 3.02. The molecular formula is C20H18N4O3S. The molecule has 4 aromatic rings. The van der Waals surface area contributed by atoms with E-state index in [9.17, 15) is 9.59 Å². The molecule has 0 aliphatic rings. The number of thiazole rings is 1. The number of aryl methyl sites for hydroxylation is 2. The van der Waals surface area contributed by atoms with Gasteiger partial charge in [0.2, 0.25) is 5.91 Å². The number of aromatic nitrogens is 3. The highest BCUT2D eigenvalue weighted by Crippen LogP contribution is 2.29. The van der Waals surface area contributed by atoms with Crippen LogP contribution in [-0.4, -0.2) is 20.7 Å². The number of amides is 1. The Labute approximate surface area is 164 Å². The monoisotopic (exact) mass is 394 g/mol. The van der Waals surface area contributed by atoms with Gasteiger partial charge < -0.3 is 9.73 Å². The zero-order valence-electron chi connectivity index (χ0n) is 15.4. The summed E-state index contributed by atoms with van der Waals surface area (Å²) in [4.78, 5) is 29.7. The number of rotatable bonds is 5. The van der Waals surface area contributed by atoms with Gasteiger partial charge in [-0.2, -0.15) is 5.10 Å². The molecule has 0 spiro atoms. The zero-order valence-corrected chi connectivity index (χ0v) is 16.2. The standard InChI is InChI=1S/C20H18N4O3S/c1-3-13-7-4-5-8-14(13)22-16(25)11-24-20(26)18-19(28-12(2)21-18)17(23-24)15-9-6-10-27-15/h4-10H,3,11H2,1-2H3,(H,22,25). The molecule has 0 atom stereocenters. The maximum Gasteiger partial charge on any atom is 0.294 e. The van der Waals surface area contributed by atoms with Crippen LogP contribution in [0, 0.1) is 6.92 Å². The summed E-state index contributed by atoms with van der Waals surface area (Å²) in [5.41, 5.74) is 2.17.